The molecule has 9 nitrogen and oxygen atoms in total. The molecule has 4 aromatic rings. The molecule has 0 radical (unpaired) electrons. The summed E-state index contributed by atoms with van der Waals surface area (Å²) in [5.41, 5.74) is -1.56. The summed E-state index contributed by atoms with van der Waals surface area (Å²) in [6, 6.07) is 15.0. The maximum absolute atomic E-state index is 13.2. The lowest BCUT2D eigenvalue weighted by molar-refractivity contribution is -0.383. The number of hydrogen-bond donors (Lipinski definition) is 3. The number of nitro groups is 1. The third-order valence-electron chi connectivity index (χ3n) is 7.54. The minimum atomic E-state index is -1.28. The Morgan fingerprint density at radius 2 is 1.76 bits per heavy atom. The standard InChI is InChI=1S/C27H23FN2O7/c1-26-21(31)14-27(37-26,12-13-36-16-8-6-15(28)7-9-16)23-22(26)24(32)29(25(23)33)19-10-11-20(30(34)35)18-5-3-2-4-17(18)19/h2-11,21,31-33H,12-14H2,1H3/t21?,26-,27+/m0/s1. The maximum atomic E-state index is 13.2. The number of benzene rings is 3. The molecule has 0 saturated carbocycles. The first-order valence-electron chi connectivity index (χ1n) is 11.8. The first kappa shape index (κ1) is 23.3. The second kappa shape index (κ2) is 7.92. The average molecular weight is 506 g/mol. The number of non-ortho nitro benzene ring substituents is 1. The van der Waals surface area contributed by atoms with Gasteiger partial charge < -0.3 is 24.8 Å². The van der Waals surface area contributed by atoms with E-state index in [1.165, 1.54) is 41.0 Å². The van der Waals surface area contributed by atoms with Crippen LogP contribution < -0.4 is 4.74 Å². The van der Waals surface area contributed by atoms with Crippen molar-refractivity contribution in [1.82, 2.24) is 4.57 Å². The molecule has 1 saturated heterocycles. The lowest BCUT2D eigenvalue weighted by Crippen LogP contribution is -2.33. The summed E-state index contributed by atoms with van der Waals surface area (Å²) in [5.74, 6) is -0.512. The van der Waals surface area contributed by atoms with Gasteiger partial charge in [0.2, 0.25) is 11.8 Å². The Hall–Kier alpha value is -4.15. The van der Waals surface area contributed by atoms with Crippen molar-refractivity contribution in [3.05, 3.63) is 87.7 Å². The van der Waals surface area contributed by atoms with E-state index in [4.69, 9.17) is 9.47 Å². The molecule has 0 amide bonds. The fourth-order valence-electron chi connectivity index (χ4n) is 5.83. The van der Waals surface area contributed by atoms with Crippen LogP contribution >= 0.6 is 0 Å². The number of aromatic hydroxyl groups is 2. The van der Waals surface area contributed by atoms with Gasteiger partial charge >= 0.3 is 0 Å². The summed E-state index contributed by atoms with van der Waals surface area (Å²) in [6.07, 6.45) is -0.552. The van der Waals surface area contributed by atoms with E-state index in [-0.39, 0.29) is 48.3 Å². The number of aliphatic hydroxyl groups excluding tert-OH is 1. The number of nitrogens with zero attached hydrogens (tertiary/aromatic N) is 2. The Morgan fingerprint density at radius 3 is 2.46 bits per heavy atom. The van der Waals surface area contributed by atoms with Crippen molar-refractivity contribution in [1.29, 1.82) is 0 Å². The molecule has 1 fully saturated rings. The van der Waals surface area contributed by atoms with Gasteiger partial charge in [-0.2, -0.15) is 0 Å². The highest BCUT2D eigenvalue weighted by Crippen LogP contribution is 2.65. The molecule has 3 N–H and O–H groups in total. The van der Waals surface area contributed by atoms with Gasteiger partial charge in [-0.25, -0.2) is 4.39 Å². The molecule has 0 aliphatic carbocycles. The molecule has 1 aromatic heterocycles. The molecule has 3 atom stereocenters. The van der Waals surface area contributed by atoms with Gasteiger partial charge in [0.25, 0.3) is 5.69 Å². The number of hydrogen-bond acceptors (Lipinski definition) is 7. The van der Waals surface area contributed by atoms with E-state index in [0.29, 0.717) is 27.8 Å². The van der Waals surface area contributed by atoms with Crippen molar-refractivity contribution in [2.45, 2.75) is 37.1 Å². The highest BCUT2D eigenvalue weighted by Gasteiger charge is 2.66. The smallest absolute Gasteiger partial charge is 0.277 e. The monoisotopic (exact) mass is 506 g/mol. The Kier molecular flexibility index (Phi) is 4.98. The SMILES string of the molecule is C[C@]12O[C@](CCOc3ccc(F)cc3)(CC1O)c1c2c(O)n(-c2ccc([N+](=O)[O-])c3ccccc23)c1O. The van der Waals surface area contributed by atoms with Crippen LogP contribution in [-0.4, -0.2) is 37.5 Å². The van der Waals surface area contributed by atoms with Crippen molar-refractivity contribution in [3.8, 4) is 23.2 Å². The predicted molar refractivity (Wildman–Crippen MR) is 131 cm³/mol. The van der Waals surface area contributed by atoms with Crippen molar-refractivity contribution in [2.75, 3.05) is 6.61 Å². The van der Waals surface area contributed by atoms with Crippen molar-refractivity contribution < 1.29 is 34.1 Å². The number of aliphatic hydroxyl groups is 1. The number of fused-ring (bicyclic) bond motifs is 6. The summed E-state index contributed by atoms with van der Waals surface area (Å²) in [7, 11) is 0. The zero-order chi connectivity index (χ0) is 26.1. The van der Waals surface area contributed by atoms with Gasteiger partial charge in [0.05, 0.1) is 39.8 Å². The number of ether oxygens (including phenoxy) is 2. The Balaban J connectivity index is 1.45. The Morgan fingerprint density at radius 1 is 1.08 bits per heavy atom. The van der Waals surface area contributed by atoms with E-state index in [1.807, 2.05) is 0 Å². The quantitative estimate of drug-likeness (QED) is 0.254. The molecule has 1 unspecified atom stereocenters. The summed E-state index contributed by atoms with van der Waals surface area (Å²) in [6.45, 7) is 1.79. The van der Waals surface area contributed by atoms with Gasteiger partial charge in [0.1, 0.15) is 22.8 Å². The fourth-order valence-corrected chi connectivity index (χ4v) is 5.83. The Bertz CT molecular complexity index is 1570. The van der Waals surface area contributed by atoms with Gasteiger partial charge in [-0.15, -0.1) is 0 Å². The maximum Gasteiger partial charge on any atom is 0.277 e. The molecular weight excluding hydrogens is 483 g/mol. The van der Waals surface area contributed by atoms with Crippen molar-refractivity contribution >= 4 is 16.5 Å². The molecule has 2 aliphatic heterocycles. The van der Waals surface area contributed by atoms with Crippen LogP contribution in [0, 0.1) is 15.9 Å². The van der Waals surface area contributed by atoms with Gasteiger partial charge in [-0.1, -0.05) is 18.2 Å². The average Bonchev–Trinajstić information content (AvgIpc) is 3.40. The van der Waals surface area contributed by atoms with Crippen molar-refractivity contribution in [3.63, 3.8) is 0 Å². The van der Waals surface area contributed by atoms with Gasteiger partial charge in [-0.05, 0) is 43.3 Å². The largest absolute Gasteiger partial charge is 0.494 e. The van der Waals surface area contributed by atoms with E-state index in [0.717, 1.165) is 0 Å². The highest BCUT2D eigenvalue weighted by atomic mass is 19.1. The van der Waals surface area contributed by atoms with E-state index >= 15 is 0 Å². The third-order valence-corrected chi connectivity index (χ3v) is 7.54. The van der Waals surface area contributed by atoms with E-state index < -0.39 is 22.2 Å². The van der Waals surface area contributed by atoms with Gasteiger partial charge in [0.15, 0.2) is 0 Å². The van der Waals surface area contributed by atoms with Crippen LogP contribution in [0.15, 0.2) is 60.7 Å². The summed E-state index contributed by atoms with van der Waals surface area (Å²) in [4.78, 5) is 11.1. The first-order valence-corrected chi connectivity index (χ1v) is 11.8. The molecule has 2 bridgehead atoms. The van der Waals surface area contributed by atoms with Crippen LogP contribution in [-0.2, 0) is 15.9 Å². The normalized spacial score (nSPS) is 23.9. The minimum absolute atomic E-state index is 0.0989. The number of rotatable bonds is 6. The first-order chi connectivity index (χ1) is 17.7. The zero-order valence-electron chi connectivity index (χ0n) is 19.7. The molecule has 3 aromatic carbocycles. The van der Waals surface area contributed by atoms with Crippen LogP contribution in [0.3, 0.4) is 0 Å². The van der Waals surface area contributed by atoms with Crippen LogP contribution in [0.2, 0.25) is 0 Å². The van der Waals surface area contributed by atoms with E-state index in [9.17, 15) is 29.8 Å². The van der Waals surface area contributed by atoms with Crippen LogP contribution in [0.25, 0.3) is 16.5 Å². The zero-order valence-corrected chi connectivity index (χ0v) is 19.7. The third kappa shape index (κ3) is 3.22. The second-order valence-electron chi connectivity index (χ2n) is 9.61. The van der Waals surface area contributed by atoms with Gasteiger partial charge in [0, 0.05) is 24.3 Å². The molecule has 10 heteroatoms. The molecule has 2 aliphatic rings. The number of halogens is 1. The molecule has 3 heterocycles. The molecule has 37 heavy (non-hydrogen) atoms. The van der Waals surface area contributed by atoms with Crippen LogP contribution in [0.1, 0.15) is 30.9 Å². The van der Waals surface area contributed by atoms with Crippen LogP contribution in [0.4, 0.5) is 10.1 Å². The Labute approximate surface area is 210 Å². The molecule has 0 spiro atoms. The lowest BCUT2D eigenvalue weighted by Gasteiger charge is -2.26. The minimum Gasteiger partial charge on any atom is -0.494 e. The summed E-state index contributed by atoms with van der Waals surface area (Å²) in [5, 5.41) is 46.2. The molecular formula is C27H23FN2O7. The highest BCUT2D eigenvalue weighted by molar-refractivity contribution is 5.97. The number of nitro benzene ring substituents is 1. The summed E-state index contributed by atoms with van der Waals surface area (Å²) >= 11 is 0. The van der Waals surface area contributed by atoms with Crippen LogP contribution in [0.5, 0.6) is 17.5 Å². The topological polar surface area (TPSA) is 127 Å². The van der Waals surface area contributed by atoms with Gasteiger partial charge in [-0.3, -0.25) is 14.7 Å². The fraction of sp³-hybridized carbons (Fsp3) is 0.259. The second-order valence-corrected chi connectivity index (χ2v) is 9.61. The van der Waals surface area contributed by atoms with Crippen molar-refractivity contribution in [2.24, 2.45) is 0 Å². The predicted octanol–water partition coefficient (Wildman–Crippen LogP) is 4.76. The molecule has 190 valence electrons. The molecule has 6 rings (SSSR count). The lowest BCUT2D eigenvalue weighted by atomic mass is 9.76. The number of aromatic nitrogens is 1. The van der Waals surface area contributed by atoms with E-state index in [2.05, 4.69) is 0 Å². The summed E-state index contributed by atoms with van der Waals surface area (Å²) < 4.78 is 26.5. The van der Waals surface area contributed by atoms with E-state index in [1.54, 1.807) is 31.2 Å².